The Hall–Kier alpha value is -1.83. The second kappa shape index (κ2) is 3.73. The molecule has 0 bridgehead atoms. The molecule has 1 aromatic heterocycles. The van der Waals surface area contributed by atoms with Crippen LogP contribution in [0.4, 0.5) is 0 Å². The van der Waals surface area contributed by atoms with Crippen molar-refractivity contribution < 1.29 is 4.79 Å². The number of amides is 1. The topological polar surface area (TPSA) is 61.9 Å². The third-order valence-electron chi connectivity index (χ3n) is 2.33. The Balaban J connectivity index is 2.08. The third kappa shape index (κ3) is 1.99. The van der Waals surface area contributed by atoms with Crippen LogP contribution in [0.3, 0.4) is 0 Å². The van der Waals surface area contributed by atoms with Crippen LogP contribution in [0.15, 0.2) is 0 Å². The normalized spacial score (nSPS) is 14.7. The molecule has 0 aliphatic heterocycles. The Kier molecular flexibility index (Phi) is 2.42. The summed E-state index contributed by atoms with van der Waals surface area (Å²) in [6.07, 6.45) is 7.37. The van der Waals surface area contributed by atoms with Crippen molar-refractivity contribution in [3.63, 3.8) is 0 Å². The standard InChI is InChI=1S/C10H12N4O/c1-3-6-14(2)10(15)9-11-8(12-13-9)7-4-5-7/h1,7H,4-6H2,2H3,(H,11,12,13). The van der Waals surface area contributed by atoms with Gasteiger partial charge in [0.05, 0.1) is 6.54 Å². The van der Waals surface area contributed by atoms with Gasteiger partial charge in [-0.15, -0.1) is 11.5 Å². The van der Waals surface area contributed by atoms with Crippen LogP contribution in [0.5, 0.6) is 0 Å². The number of rotatable bonds is 3. The summed E-state index contributed by atoms with van der Waals surface area (Å²) in [5, 5.41) is 6.67. The summed E-state index contributed by atoms with van der Waals surface area (Å²) in [6.45, 7) is 0.270. The summed E-state index contributed by atoms with van der Waals surface area (Å²) in [7, 11) is 1.63. The van der Waals surface area contributed by atoms with Crippen molar-refractivity contribution in [3.8, 4) is 12.3 Å². The summed E-state index contributed by atoms with van der Waals surface area (Å²) in [4.78, 5) is 17.2. The number of hydrogen-bond acceptors (Lipinski definition) is 3. The van der Waals surface area contributed by atoms with E-state index in [1.54, 1.807) is 7.05 Å². The number of aromatic amines is 1. The Labute approximate surface area is 87.9 Å². The zero-order valence-corrected chi connectivity index (χ0v) is 8.53. The molecular weight excluding hydrogens is 192 g/mol. The lowest BCUT2D eigenvalue weighted by Crippen LogP contribution is -2.27. The fourth-order valence-corrected chi connectivity index (χ4v) is 1.29. The quantitative estimate of drug-likeness (QED) is 0.724. The molecule has 0 saturated heterocycles. The van der Waals surface area contributed by atoms with Crippen molar-refractivity contribution in [2.45, 2.75) is 18.8 Å². The van der Waals surface area contributed by atoms with Gasteiger partial charge in [0.2, 0.25) is 5.82 Å². The van der Waals surface area contributed by atoms with E-state index in [1.165, 1.54) is 4.90 Å². The van der Waals surface area contributed by atoms with E-state index in [4.69, 9.17) is 6.42 Å². The van der Waals surface area contributed by atoms with E-state index in [9.17, 15) is 4.79 Å². The van der Waals surface area contributed by atoms with Crippen LogP contribution in [0, 0.1) is 12.3 Å². The Morgan fingerprint density at radius 1 is 1.73 bits per heavy atom. The third-order valence-corrected chi connectivity index (χ3v) is 2.33. The molecule has 0 radical (unpaired) electrons. The van der Waals surface area contributed by atoms with Gasteiger partial charge in [-0.2, -0.15) is 0 Å². The average molecular weight is 204 g/mol. The molecule has 5 heteroatoms. The maximum absolute atomic E-state index is 11.7. The summed E-state index contributed by atoms with van der Waals surface area (Å²) < 4.78 is 0. The van der Waals surface area contributed by atoms with Gasteiger partial charge in [0, 0.05) is 13.0 Å². The number of carbonyl (C=O) groups excluding carboxylic acids is 1. The Morgan fingerprint density at radius 2 is 2.47 bits per heavy atom. The largest absolute Gasteiger partial charge is 0.328 e. The van der Waals surface area contributed by atoms with Crippen molar-refractivity contribution in [2.75, 3.05) is 13.6 Å². The summed E-state index contributed by atoms with van der Waals surface area (Å²) in [6, 6.07) is 0. The fraction of sp³-hybridized carbons (Fsp3) is 0.500. The molecule has 0 unspecified atom stereocenters. The van der Waals surface area contributed by atoms with Crippen molar-refractivity contribution in [1.82, 2.24) is 20.1 Å². The molecule has 0 spiro atoms. The molecule has 1 N–H and O–H groups in total. The molecular formula is C10H12N4O. The van der Waals surface area contributed by atoms with E-state index in [0.29, 0.717) is 5.92 Å². The van der Waals surface area contributed by atoms with E-state index >= 15 is 0 Å². The van der Waals surface area contributed by atoms with Crippen LogP contribution in [0.2, 0.25) is 0 Å². The van der Waals surface area contributed by atoms with Gasteiger partial charge in [-0.25, -0.2) is 4.98 Å². The first kappa shape index (κ1) is 9.71. The van der Waals surface area contributed by atoms with Crippen LogP contribution < -0.4 is 0 Å². The van der Waals surface area contributed by atoms with Crippen molar-refractivity contribution in [1.29, 1.82) is 0 Å². The summed E-state index contributed by atoms with van der Waals surface area (Å²) in [5.41, 5.74) is 0. The molecule has 1 aliphatic rings. The number of H-pyrrole nitrogens is 1. The zero-order valence-electron chi connectivity index (χ0n) is 8.53. The highest BCUT2D eigenvalue weighted by Crippen LogP contribution is 2.37. The molecule has 1 aliphatic carbocycles. The molecule has 0 atom stereocenters. The summed E-state index contributed by atoms with van der Waals surface area (Å²) in [5.74, 6) is 3.64. The lowest BCUT2D eigenvalue weighted by Gasteiger charge is -2.10. The molecule has 1 heterocycles. The number of aromatic nitrogens is 3. The van der Waals surface area contributed by atoms with Gasteiger partial charge in [0.15, 0.2) is 0 Å². The van der Waals surface area contributed by atoms with Gasteiger partial charge in [-0.1, -0.05) is 5.92 Å². The van der Waals surface area contributed by atoms with E-state index in [1.807, 2.05) is 0 Å². The molecule has 15 heavy (non-hydrogen) atoms. The molecule has 1 amide bonds. The maximum atomic E-state index is 11.7. The average Bonchev–Trinajstić information content (AvgIpc) is 2.96. The molecule has 1 saturated carbocycles. The van der Waals surface area contributed by atoms with Gasteiger partial charge < -0.3 is 4.90 Å². The number of nitrogens with one attached hydrogen (secondary N) is 1. The first-order valence-electron chi connectivity index (χ1n) is 4.83. The van der Waals surface area contributed by atoms with E-state index in [0.717, 1.165) is 18.7 Å². The van der Waals surface area contributed by atoms with Gasteiger partial charge in [0.1, 0.15) is 5.82 Å². The Bertz CT molecular complexity index is 413. The van der Waals surface area contributed by atoms with Crippen LogP contribution in [0.25, 0.3) is 0 Å². The van der Waals surface area contributed by atoms with Crippen LogP contribution >= 0.6 is 0 Å². The number of nitrogens with zero attached hydrogens (tertiary/aromatic N) is 3. The summed E-state index contributed by atoms with van der Waals surface area (Å²) >= 11 is 0. The van der Waals surface area contributed by atoms with Gasteiger partial charge >= 0.3 is 0 Å². The smallest absolute Gasteiger partial charge is 0.294 e. The van der Waals surface area contributed by atoms with Crippen molar-refractivity contribution >= 4 is 5.91 Å². The van der Waals surface area contributed by atoms with Gasteiger partial charge in [-0.05, 0) is 12.8 Å². The van der Waals surface area contributed by atoms with E-state index < -0.39 is 0 Å². The first-order valence-corrected chi connectivity index (χ1v) is 4.83. The highest BCUT2D eigenvalue weighted by Gasteiger charge is 2.28. The van der Waals surface area contributed by atoms with Crippen molar-refractivity contribution in [3.05, 3.63) is 11.6 Å². The molecule has 0 aromatic carbocycles. The lowest BCUT2D eigenvalue weighted by molar-refractivity contribution is 0.0801. The monoisotopic (exact) mass is 204 g/mol. The fourth-order valence-electron chi connectivity index (χ4n) is 1.29. The number of carbonyl (C=O) groups is 1. The molecule has 2 rings (SSSR count). The molecule has 78 valence electrons. The van der Waals surface area contributed by atoms with E-state index in [-0.39, 0.29) is 18.3 Å². The SMILES string of the molecule is C#CCN(C)C(=O)c1n[nH]c(C2CC2)n1. The van der Waals surface area contributed by atoms with Gasteiger partial charge in [0.25, 0.3) is 5.91 Å². The zero-order chi connectivity index (χ0) is 10.8. The predicted octanol–water partition coefficient (Wildman–Crippen LogP) is 0.387. The second-order valence-corrected chi connectivity index (χ2v) is 3.68. The molecule has 1 aromatic rings. The maximum Gasteiger partial charge on any atom is 0.294 e. The number of hydrogen-bond donors (Lipinski definition) is 1. The van der Waals surface area contributed by atoms with E-state index in [2.05, 4.69) is 21.1 Å². The van der Waals surface area contributed by atoms with Crippen LogP contribution in [-0.2, 0) is 0 Å². The highest BCUT2D eigenvalue weighted by molar-refractivity contribution is 5.90. The minimum atomic E-state index is -0.240. The van der Waals surface area contributed by atoms with Crippen molar-refractivity contribution in [2.24, 2.45) is 0 Å². The number of terminal acetylenes is 1. The molecule has 5 nitrogen and oxygen atoms in total. The highest BCUT2D eigenvalue weighted by atomic mass is 16.2. The lowest BCUT2D eigenvalue weighted by atomic mass is 10.4. The minimum absolute atomic E-state index is 0.203. The second-order valence-electron chi connectivity index (χ2n) is 3.68. The Morgan fingerprint density at radius 3 is 3.07 bits per heavy atom. The van der Waals surface area contributed by atoms with Gasteiger partial charge in [-0.3, -0.25) is 9.89 Å². The first-order chi connectivity index (χ1) is 7.22. The minimum Gasteiger partial charge on any atom is -0.328 e. The molecule has 1 fully saturated rings. The van der Waals surface area contributed by atoms with Crippen LogP contribution in [-0.4, -0.2) is 39.6 Å². The van der Waals surface area contributed by atoms with Crippen LogP contribution in [0.1, 0.15) is 35.2 Å². The predicted molar refractivity (Wildman–Crippen MR) is 54.2 cm³/mol.